The SMILES string of the molecule is CCCCC1NC(C)N(CCCN2CCOCC2)C1=O. The third-order valence-corrected chi connectivity index (χ3v) is 4.31. The van der Waals surface area contributed by atoms with Crippen LogP contribution in [0.4, 0.5) is 0 Å². The summed E-state index contributed by atoms with van der Waals surface area (Å²) in [5, 5.41) is 3.42. The van der Waals surface area contributed by atoms with Crippen LogP contribution >= 0.6 is 0 Å². The van der Waals surface area contributed by atoms with E-state index in [9.17, 15) is 4.79 Å². The molecule has 2 heterocycles. The highest BCUT2D eigenvalue weighted by atomic mass is 16.5. The molecule has 0 aromatic rings. The van der Waals surface area contributed by atoms with Crippen molar-refractivity contribution in [3.8, 4) is 0 Å². The maximum Gasteiger partial charge on any atom is 0.241 e. The van der Waals surface area contributed by atoms with E-state index in [-0.39, 0.29) is 12.2 Å². The molecule has 5 nitrogen and oxygen atoms in total. The predicted molar refractivity (Wildman–Crippen MR) is 79.5 cm³/mol. The molecule has 2 rings (SSSR count). The number of carbonyl (C=O) groups is 1. The molecule has 2 saturated heterocycles. The largest absolute Gasteiger partial charge is 0.379 e. The summed E-state index contributed by atoms with van der Waals surface area (Å²) in [5.74, 6) is 0.299. The van der Waals surface area contributed by atoms with Crippen LogP contribution in [0.2, 0.25) is 0 Å². The molecule has 0 aromatic heterocycles. The Morgan fingerprint density at radius 1 is 1.25 bits per heavy atom. The van der Waals surface area contributed by atoms with Gasteiger partial charge in [-0.1, -0.05) is 19.8 Å². The lowest BCUT2D eigenvalue weighted by Gasteiger charge is -2.28. The van der Waals surface area contributed by atoms with E-state index in [1.807, 2.05) is 4.90 Å². The molecule has 0 radical (unpaired) electrons. The van der Waals surface area contributed by atoms with Crippen LogP contribution in [0.1, 0.15) is 39.5 Å². The Morgan fingerprint density at radius 3 is 2.70 bits per heavy atom. The van der Waals surface area contributed by atoms with Crippen molar-refractivity contribution in [3.05, 3.63) is 0 Å². The zero-order chi connectivity index (χ0) is 14.4. The van der Waals surface area contributed by atoms with Gasteiger partial charge < -0.3 is 9.64 Å². The molecule has 116 valence electrons. The monoisotopic (exact) mass is 283 g/mol. The molecule has 5 heteroatoms. The van der Waals surface area contributed by atoms with Crippen molar-refractivity contribution >= 4 is 5.91 Å². The molecular formula is C15H29N3O2. The molecule has 2 unspecified atom stereocenters. The molecule has 0 saturated carbocycles. The number of unbranched alkanes of at least 4 members (excludes halogenated alkanes) is 1. The molecule has 0 spiro atoms. The second kappa shape index (κ2) is 7.96. The van der Waals surface area contributed by atoms with Gasteiger partial charge in [0, 0.05) is 26.2 Å². The Kier molecular flexibility index (Phi) is 6.26. The smallest absolute Gasteiger partial charge is 0.241 e. The van der Waals surface area contributed by atoms with Gasteiger partial charge in [0.2, 0.25) is 5.91 Å². The van der Waals surface area contributed by atoms with Crippen molar-refractivity contribution in [2.75, 3.05) is 39.4 Å². The van der Waals surface area contributed by atoms with Gasteiger partial charge in [-0.15, -0.1) is 0 Å². The lowest BCUT2D eigenvalue weighted by Crippen LogP contribution is -2.40. The van der Waals surface area contributed by atoms with Gasteiger partial charge in [0.05, 0.1) is 25.4 Å². The first-order valence-electron chi connectivity index (χ1n) is 8.09. The third kappa shape index (κ3) is 4.17. The van der Waals surface area contributed by atoms with Gasteiger partial charge in [-0.2, -0.15) is 0 Å². The van der Waals surface area contributed by atoms with Gasteiger partial charge in [-0.25, -0.2) is 0 Å². The number of hydrogen-bond acceptors (Lipinski definition) is 4. The van der Waals surface area contributed by atoms with Crippen LogP contribution in [0.3, 0.4) is 0 Å². The number of rotatable bonds is 7. The van der Waals surface area contributed by atoms with Crippen molar-refractivity contribution in [2.45, 2.75) is 51.7 Å². The highest BCUT2D eigenvalue weighted by molar-refractivity contribution is 5.84. The van der Waals surface area contributed by atoms with Gasteiger partial charge >= 0.3 is 0 Å². The molecule has 2 atom stereocenters. The Morgan fingerprint density at radius 2 is 2.00 bits per heavy atom. The first kappa shape index (κ1) is 15.7. The number of amides is 1. The normalized spacial score (nSPS) is 28.3. The molecule has 2 aliphatic rings. The lowest BCUT2D eigenvalue weighted by atomic mass is 10.1. The number of nitrogens with zero attached hydrogens (tertiary/aromatic N) is 2. The first-order chi connectivity index (χ1) is 9.72. The van der Waals surface area contributed by atoms with Crippen LogP contribution in [0.25, 0.3) is 0 Å². The van der Waals surface area contributed by atoms with E-state index < -0.39 is 0 Å². The zero-order valence-corrected chi connectivity index (χ0v) is 12.9. The van der Waals surface area contributed by atoms with Gasteiger partial charge in [-0.05, 0) is 19.8 Å². The fraction of sp³-hybridized carbons (Fsp3) is 0.933. The fourth-order valence-corrected chi connectivity index (χ4v) is 3.05. The number of carbonyl (C=O) groups excluding carboxylic acids is 1. The summed E-state index contributed by atoms with van der Waals surface area (Å²) >= 11 is 0. The van der Waals surface area contributed by atoms with E-state index in [4.69, 9.17) is 4.74 Å². The lowest BCUT2D eigenvalue weighted by molar-refractivity contribution is -0.130. The summed E-state index contributed by atoms with van der Waals surface area (Å²) in [7, 11) is 0. The summed E-state index contributed by atoms with van der Waals surface area (Å²) in [5.41, 5.74) is 0. The average Bonchev–Trinajstić information content (AvgIpc) is 2.73. The summed E-state index contributed by atoms with van der Waals surface area (Å²) in [4.78, 5) is 16.8. The highest BCUT2D eigenvalue weighted by Crippen LogP contribution is 2.15. The molecular weight excluding hydrogens is 254 g/mol. The maximum atomic E-state index is 12.3. The molecule has 20 heavy (non-hydrogen) atoms. The van der Waals surface area contributed by atoms with Crippen LogP contribution in [-0.4, -0.2) is 67.3 Å². The first-order valence-corrected chi connectivity index (χ1v) is 8.09. The topological polar surface area (TPSA) is 44.8 Å². The predicted octanol–water partition coefficient (Wildman–Crippen LogP) is 1.05. The van der Waals surface area contributed by atoms with Crippen LogP contribution in [0.5, 0.6) is 0 Å². The van der Waals surface area contributed by atoms with Crippen LogP contribution in [0.15, 0.2) is 0 Å². The van der Waals surface area contributed by atoms with Crippen molar-refractivity contribution in [1.82, 2.24) is 15.1 Å². The van der Waals surface area contributed by atoms with Crippen LogP contribution < -0.4 is 5.32 Å². The molecule has 2 fully saturated rings. The molecule has 1 N–H and O–H groups in total. The zero-order valence-electron chi connectivity index (χ0n) is 12.9. The summed E-state index contributed by atoms with van der Waals surface area (Å²) in [6, 6.07) is 0.0494. The number of hydrogen-bond donors (Lipinski definition) is 1. The van der Waals surface area contributed by atoms with Crippen molar-refractivity contribution < 1.29 is 9.53 Å². The maximum absolute atomic E-state index is 12.3. The molecule has 0 aliphatic carbocycles. The number of ether oxygens (including phenoxy) is 1. The Bertz CT molecular complexity index is 305. The minimum Gasteiger partial charge on any atom is -0.379 e. The average molecular weight is 283 g/mol. The van der Waals surface area contributed by atoms with E-state index in [0.29, 0.717) is 5.91 Å². The standard InChI is InChI=1S/C15H29N3O2/c1-3-4-6-14-15(19)18(13(2)16-14)8-5-7-17-9-11-20-12-10-17/h13-14,16H,3-12H2,1-2H3. The van der Waals surface area contributed by atoms with Gasteiger partial charge in [-0.3, -0.25) is 15.0 Å². The third-order valence-electron chi connectivity index (χ3n) is 4.31. The summed E-state index contributed by atoms with van der Waals surface area (Å²) in [6.07, 6.45) is 4.49. The van der Waals surface area contributed by atoms with Crippen LogP contribution in [-0.2, 0) is 9.53 Å². The molecule has 2 aliphatic heterocycles. The second-order valence-corrected chi connectivity index (χ2v) is 5.88. The van der Waals surface area contributed by atoms with E-state index in [2.05, 4.69) is 24.1 Å². The van der Waals surface area contributed by atoms with E-state index in [1.54, 1.807) is 0 Å². The van der Waals surface area contributed by atoms with Gasteiger partial charge in [0.1, 0.15) is 0 Å². The van der Waals surface area contributed by atoms with E-state index in [1.165, 1.54) is 0 Å². The Balaban J connectivity index is 1.70. The number of morpholine rings is 1. The van der Waals surface area contributed by atoms with Crippen molar-refractivity contribution in [1.29, 1.82) is 0 Å². The van der Waals surface area contributed by atoms with E-state index in [0.717, 1.165) is 65.1 Å². The fourth-order valence-electron chi connectivity index (χ4n) is 3.05. The van der Waals surface area contributed by atoms with E-state index >= 15 is 0 Å². The second-order valence-electron chi connectivity index (χ2n) is 5.88. The summed E-state index contributed by atoms with van der Waals surface area (Å²) < 4.78 is 5.35. The number of nitrogens with one attached hydrogen (secondary N) is 1. The van der Waals surface area contributed by atoms with Crippen molar-refractivity contribution in [2.24, 2.45) is 0 Å². The highest BCUT2D eigenvalue weighted by Gasteiger charge is 2.35. The molecule has 1 amide bonds. The van der Waals surface area contributed by atoms with Crippen molar-refractivity contribution in [3.63, 3.8) is 0 Å². The minimum absolute atomic E-state index is 0.0494. The Labute approximate surface area is 122 Å². The van der Waals surface area contributed by atoms with Gasteiger partial charge in [0.15, 0.2) is 0 Å². The molecule has 0 aromatic carbocycles. The minimum atomic E-state index is 0.0494. The molecule has 0 bridgehead atoms. The Hall–Kier alpha value is -0.650. The summed E-state index contributed by atoms with van der Waals surface area (Å²) in [6.45, 7) is 9.95. The quantitative estimate of drug-likeness (QED) is 0.758. The van der Waals surface area contributed by atoms with Crippen LogP contribution in [0, 0.1) is 0 Å². The van der Waals surface area contributed by atoms with Gasteiger partial charge in [0.25, 0.3) is 0 Å².